The Balaban J connectivity index is 2.16. The van der Waals surface area contributed by atoms with Crippen LogP contribution in [0.15, 0.2) is 12.1 Å². The monoisotopic (exact) mass is 254 g/mol. The van der Waals surface area contributed by atoms with E-state index in [1.807, 2.05) is 19.1 Å². The lowest BCUT2D eigenvalue weighted by molar-refractivity contribution is -0.147. The van der Waals surface area contributed by atoms with Crippen LogP contribution in [0.2, 0.25) is 0 Å². The summed E-state index contributed by atoms with van der Waals surface area (Å²) in [4.78, 5) is 13.3. The van der Waals surface area contributed by atoms with Gasteiger partial charge in [0, 0.05) is 15.7 Å². The van der Waals surface area contributed by atoms with Gasteiger partial charge < -0.3 is 10.2 Å². The Hall–Kier alpha value is -0.870. The van der Waals surface area contributed by atoms with Gasteiger partial charge in [0.15, 0.2) is 0 Å². The second-order valence-corrected chi connectivity index (χ2v) is 6.11. The normalized spacial score (nSPS) is 26.7. The first-order valence-electron chi connectivity index (χ1n) is 6.07. The topological polar surface area (TPSA) is 57.5 Å². The molecule has 0 radical (unpaired) electrons. The molecule has 2 rings (SSSR count). The van der Waals surface area contributed by atoms with Crippen LogP contribution in [-0.2, 0) is 4.79 Å². The Morgan fingerprint density at radius 2 is 2.12 bits per heavy atom. The number of rotatable bonds is 3. The fourth-order valence-corrected chi connectivity index (χ4v) is 3.61. The molecule has 17 heavy (non-hydrogen) atoms. The highest BCUT2D eigenvalue weighted by atomic mass is 32.1. The van der Waals surface area contributed by atoms with Crippen LogP contribution in [0, 0.1) is 18.8 Å². The Kier molecular flexibility index (Phi) is 3.84. The summed E-state index contributed by atoms with van der Waals surface area (Å²) in [5.74, 6) is -1.28. The summed E-state index contributed by atoms with van der Waals surface area (Å²) in [7, 11) is 0. The number of hydrogen-bond donors (Lipinski definition) is 2. The third kappa shape index (κ3) is 2.69. The lowest BCUT2D eigenvalue weighted by Crippen LogP contribution is -2.31. The fourth-order valence-electron chi connectivity index (χ4n) is 2.67. The van der Waals surface area contributed by atoms with Crippen molar-refractivity contribution in [2.75, 3.05) is 0 Å². The number of thiophene rings is 1. The van der Waals surface area contributed by atoms with Crippen molar-refractivity contribution < 1.29 is 15.0 Å². The predicted octanol–water partition coefficient (Wildman–Crippen LogP) is 2.98. The molecule has 1 aliphatic carbocycles. The molecule has 3 unspecified atom stereocenters. The van der Waals surface area contributed by atoms with Crippen molar-refractivity contribution in [1.82, 2.24) is 0 Å². The zero-order valence-electron chi connectivity index (χ0n) is 9.93. The predicted molar refractivity (Wildman–Crippen MR) is 67.1 cm³/mol. The number of carboxylic acid groups (broad SMARTS) is 1. The Labute approximate surface area is 105 Å². The molecule has 0 amide bonds. The van der Waals surface area contributed by atoms with E-state index in [2.05, 4.69) is 0 Å². The minimum Gasteiger partial charge on any atom is -0.481 e. The molecular weight excluding hydrogens is 236 g/mol. The summed E-state index contributed by atoms with van der Waals surface area (Å²) in [6.45, 7) is 2.00. The van der Waals surface area contributed by atoms with E-state index < -0.39 is 12.1 Å². The Morgan fingerprint density at radius 1 is 1.41 bits per heavy atom. The Morgan fingerprint density at radius 3 is 2.71 bits per heavy atom. The maximum atomic E-state index is 11.2. The van der Waals surface area contributed by atoms with Crippen LogP contribution in [-0.4, -0.2) is 16.2 Å². The van der Waals surface area contributed by atoms with E-state index >= 15 is 0 Å². The van der Waals surface area contributed by atoms with Gasteiger partial charge in [0.1, 0.15) is 0 Å². The number of aryl methyl sites for hydroxylation is 1. The van der Waals surface area contributed by atoms with Gasteiger partial charge in [-0.05, 0) is 31.9 Å². The van der Waals surface area contributed by atoms with Crippen molar-refractivity contribution in [3.8, 4) is 0 Å². The van der Waals surface area contributed by atoms with Crippen LogP contribution in [0.25, 0.3) is 0 Å². The number of carboxylic acids is 1. The minimum absolute atomic E-state index is 0.126. The van der Waals surface area contributed by atoms with E-state index in [1.54, 1.807) is 11.3 Å². The van der Waals surface area contributed by atoms with Crippen molar-refractivity contribution in [1.29, 1.82) is 0 Å². The zero-order valence-corrected chi connectivity index (χ0v) is 10.7. The molecule has 0 bridgehead atoms. The van der Waals surface area contributed by atoms with Crippen molar-refractivity contribution in [2.24, 2.45) is 11.8 Å². The molecule has 0 spiro atoms. The lowest BCUT2D eigenvalue weighted by Gasteiger charge is -2.31. The highest BCUT2D eigenvalue weighted by molar-refractivity contribution is 7.12. The summed E-state index contributed by atoms with van der Waals surface area (Å²) in [6.07, 6.45) is 2.88. The summed E-state index contributed by atoms with van der Waals surface area (Å²) < 4.78 is 0. The molecule has 94 valence electrons. The van der Waals surface area contributed by atoms with Crippen LogP contribution < -0.4 is 0 Å². The number of aliphatic hydroxyl groups excluding tert-OH is 1. The van der Waals surface area contributed by atoms with Crippen LogP contribution in [0.5, 0.6) is 0 Å². The van der Waals surface area contributed by atoms with Gasteiger partial charge in [-0.2, -0.15) is 0 Å². The van der Waals surface area contributed by atoms with Gasteiger partial charge in [0.2, 0.25) is 0 Å². The summed E-state index contributed by atoms with van der Waals surface area (Å²) in [5, 5.41) is 19.5. The van der Waals surface area contributed by atoms with E-state index in [1.165, 1.54) is 0 Å². The molecule has 3 atom stereocenters. The lowest BCUT2D eigenvalue weighted by atomic mass is 9.76. The third-order valence-corrected chi connectivity index (χ3v) is 4.67. The number of carbonyl (C=O) groups is 1. The molecule has 1 heterocycles. The first kappa shape index (κ1) is 12.6. The molecule has 1 saturated carbocycles. The van der Waals surface area contributed by atoms with Crippen LogP contribution in [0.4, 0.5) is 0 Å². The van der Waals surface area contributed by atoms with Crippen molar-refractivity contribution >= 4 is 17.3 Å². The van der Waals surface area contributed by atoms with Gasteiger partial charge in [-0.15, -0.1) is 11.3 Å². The number of aliphatic carboxylic acids is 1. The zero-order chi connectivity index (χ0) is 12.4. The molecule has 0 saturated heterocycles. The fraction of sp³-hybridized carbons (Fsp3) is 0.615. The number of aliphatic hydroxyl groups is 1. The molecule has 1 aromatic heterocycles. The molecule has 3 nitrogen and oxygen atoms in total. The van der Waals surface area contributed by atoms with Gasteiger partial charge in [0.05, 0.1) is 12.0 Å². The standard InChI is InChI=1S/C13H18O3S/c1-8-6-7-11(17-8)12(14)9-4-2-3-5-10(9)13(15)16/h6-7,9-10,12,14H,2-5H2,1H3,(H,15,16). The van der Waals surface area contributed by atoms with E-state index in [9.17, 15) is 15.0 Å². The largest absolute Gasteiger partial charge is 0.481 e. The average molecular weight is 254 g/mol. The maximum Gasteiger partial charge on any atom is 0.306 e. The van der Waals surface area contributed by atoms with Crippen LogP contribution in [0.1, 0.15) is 41.5 Å². The molecule has 1 aromatic rings. The van der Waals surface area contributed by atoms with Crippen molar-refractivity contribution in [3.05, 3.63) is 21.9 Å². The maximum absolute atomic E-state index is 11.2. The smallest absolute Gasteiger partial charge is 0.306 e. The van der Waals surface area contributed by atoms with E-state index in [-0.39, 0.29) is 11.8 Å². The van der Waals surface area contributed by atoms with Crippen molar-refractivity contribution in [2.45, 2.75) is 38.7 Å². The first-order valence-corrected chi connectivity index (χ1v) is 6.88. The molecule has 0 aliphatic heterocycles. The second-order valence-electron chi connectivity index (χ2n) is 4.79. The molecular formula is C13H18O3S. The Bertz CT molecular complexity index is 399. The quantitative estimate of drug-likeness (QED) is 0.871. The SMILES string of the molecule is Cc1ccc(C(O)C2CCCCC2C(=O)O)s1. The number of hydrogen-bond acceptors (Lipinski definition) is 3. The van der Waals surface area contributed by atoms with Gasteiger partial charge in [-0.25, -0.2) is 0 Å². The molecule has 1 fully saturated rings. The third-order valence-electron chi connectivity index (χ3n) is 3.59. The van der Waals surface area contributed by atoms with Crippen LogP contribution in [0.3, 0.4) is 0 Å². The second kappa shape index (κ2) is 5.19. The molecule has 4 heteroatoms. The molecule has 1 aliphatic rings. The molecule has 0 aromatic carbocycles. The van der Waals surface area contributed by atoms with Crippen molar-refractivity contribution in [3.63, 3.8) is 0 Å². The highest BCUT2D eigenvalue weighted by Crippen LogP contribution is 2.40. The van der Waals surface area contributed by atoms with Crippen LogP contribution >= 0.6 is 11.3 Å². The highest BCUT2D eigenvalue weighted by Gasteiger charge is 2.36. The van der Waals surface area contributed by atoms with E-state index in [4.69, 9.17) is 0 Å². The molecule has 2 N–H and O–H groups in total. The van der Waals surface area contributed by atoms with Gasteiger partial charge in [-0.3, -0.25) is 4.79 Å². The summed E-state index contributed by atoms with van der Waals surface area (Å²) in [6, 6.07) is 3.89. The van der Waals surface area contributed by atoms with Gasteiger partial charge >= 0.3 is 5.97 Å². The minimum atomic E-state index is -0.762. The van der Waals surface area contributed by atoms with Gasteiger partial charge in [-0.1, -0.05) is 12.8 Å². The summed E-state index contributed by atoms with van der Waals surface area (Å²) >= 11 is 1.56. The van der Waals surface area contributed by atoms with Gasteiger partial charge in [0.25, 0.3) is 0 Å². The van der Waals surface area contributed by atoms with E-state index in [0.29, 0.717) is 6.42 Å². The average Bonchev–Trinajstić information content (AvgIpc) is 2.75. The first-order chi connectivity index (χ1) is 8.09. The summed E-state index contributed by atoms with van der Waals surface area (Å²) in [5.41, 5.74) is 0. The van der Waals surface area contributed by atoms with E-state index in [0.717, 1.165) is 29.0 Å².